The van der Waals surface area contributed by atoms with Crippen molar-refractivity contribution >= 4 is 152 Å². The second kappa shape index (κ2) is 32.1. The maximum Gasteiger partial charge on any atom is 0.160 e. The molecule has 0 saturated carbocycles. The molecule has 0 radical (unpaired) electrons. The van der Waals surface area contributed by atoms with Crippen molar-refractivity contribution in [1.82, 2.24) is 38.2 Å². The number of rotatable bonds is 10. The normalized spacial score (nSPS) is 12.3. The van der Waals surface area contributed by atoms with Crippen LogP contribution in [0.3, 0.4) is 0 Å². The molecule has 7 aromatic heterocycles. The van der Waals surface area contributed by atoms with Crippen molar-refractivity contribution in [1.29, 1.82) is 0 Å². The molecule has 0 N–H and O–H groups in total. The van der Waals surface area contributed by atoms with Crippen LogP contribution in [0.15, 0.2) is 478 Å². The van der Waals surface area contributed by atoms with Crippen molar-refractivity contribution in [2.45, 2.75) is 19.3 Å². The Morgan fingerprint density at radius 1 is 0.210 bits per heavy atom. The average molecular weight is 1760 g/mol. The minimum absolute atomic E-state index is 0.157. The largest absolute Gasteiger partial charge is 0.454 e. The quantitative estimate of drug-likeness (QED) is 0.127. The van der Waals surface area contributed by atoms with Crippen LogP contribution in [0.5, 0.6) is 0 Å². The SMILES string of the molecule is CC1(C)c2ccccc2-c2ccc3c4c5ccccc5ccc4n(-c4ccc(-c5cc(-c6ccccc6)nc(-c6ccccc6)n5)cc4)c3c21.c1ccc(-c2cc(-c3ccccc3)nc(-c3ccc(-n4c5cc6ccccc6cc5c5ccc6c7ccccc7oc6c54)cc3)n2)cc1.c1ccc(-n2c3ccccc3c3ccc4c5c6ccccc6c6ccccc6c5n(-c5ccccc5)c4c32)cc1. The summed E-state index contributed by atoms with van der Waals surface area (Å²) in [4.78, 5) is 20.2. The molecule has 0 amide bonds. The van der Waals surface area contributed by atoms with Gasteiger partial charge in [-0.15, -0.1) is 0 Å². The van der Waals surface area contributed by atoms with Crippen LogP contribution in [-0.4, -0.2) is 38.2 Å². The first-order valence-electron chi connectivity index (χ1n) is 47.2. The molecule has 0 fully saturated rings. The van der Waals surface area contributed by atoms with E-state index in [0.29, 0.717) is 5.82 Å². The lowest BCUT2D eigenvalue weighted by atomic mass is 9.81. The molecule has 138 heavy (non-hydrogen) atoms. The molecule has 0 spiro atoms. The molecule has 646 valence electrons. The molecule has 1 aliphatic rings. The molecule has 0 saturated heterocycles. The Hall–Kier alpha value is -18.2. The number of hydrogen-bond donors (Lipinski definition) is 0. The van der Waals surface area contributed by atoms with E-state index in [1.807, 2.05) is 72.8 Å². The fourth-order valence-electron chi connectivity index (χ4n) is 22.2. The van der Waals surface area contributed by atoms with Crippen LogP contribution in [0.25, 0.3) is 254 Å². The van der Waals surface area contributed by atoms with Gasteiger partial charge in [0.15, 0.2) is 17.2 Å². The molecule has 9 nitrogen and oxygen atoms in total. The van der Waals surface area contributed by atoms with Crippen LogP contribution >= 0.6 is 0 Å². The molecule has 28 aromatic rings. The standard InChI is InChI=1S/C47H33N3.C44H27N3O.C38H24N2/c1-47(2)39-20-12-11-19-36(39)37-26-27-38-43-35-18-10-9-13-30(35)23-28-42(43)50(45(38)44(37)47)34-24-21-32(22-25-34)41-29-40(31-14-5-3-6-15-31)48-46(49-41)33-16-7-4-8-17-33;1-3-11-28(12-4-1)38-27-39(29-13-5-2-6-14-29)46-44(45-38)30-19-21-33(22-20-30)47-40-26-32-16-8-7-15-31(32)25-37(40)35-23-24-36-34-17-9-10-18-41(34)48-43(36)42(35)47;1-3-13-25(14-4-1)39-34-22-12-11-19-29(34)32-23-24-33-35-30-20-9-7-17-27(30)28-18-8-10-21-31(28)36(35)40(38(33)37(32)39)26-15-5-2-6-16-26/h3-29H,1-2H3;1-27H;1-24H. The lowest BCUT2D eigenvalue weighted by Crippen LogP contribution is -2.16. The summed E-state index contributed by atoms with van der Waals surface area (Å²) < 4.78 is 16.4. The summed E-state index contributed by atoms with van der Waals surface area (Å²) in [6.45, 7) is 4.76. The number of furan rings is 1. The van der Waals surface area contributed by atoms with Gasteiger partial charge in [0, 0.05) is 121 Å². The first kappa shape index (κ1) is 79.6. The predicted octanol–water partition coefficient (Wildman–Crippen LogP) is 33.8. The summed E-state index contributed by atoms with van der Waals surface area (Å²) in [7, 11) is 0. The van der Waals surface area contributed by atoms with E-state index in [0.717, 1.165) is 112 Å². The van der Waals surface area contributed by atoms with Crippen LogP contribution in [0.4, 0.5) is 0 Å². The van der Waals surface area contributed by atoms with Gasteiger partial charge in [-0.2, -0.15) is 0 Å². The summed E-state index contributed by atoms with van der Waals surface area (Å²) in [5.74, 6) is 1.41. The maximum atomic E-state index is 6.62. The molecule has 0 bridgehead atoms. The molecule has 7 heterocycles. The van der Waals surface area contributed by atoms with Gasteiger partial charge in [0.25, 0.3) is 0 Å². The molecular formula is C129H84N8O. The fraction of sp³-hybridized carbons (Fsp3) is 0.0233. The van der Waals surface area contributed by atoms with Gasteiger partial charge >= 0.3 is 0 Å². The Labute approximate surface area is 794 Å². The Kier molecular flexibility index (Phi) is 18.5. The third-order valence-corrected chi connectivity index (χ3v) is 28.4. The van der Waals surface area contributed by atoms with Crippen LogP contribution < -0.4 is 0 Å². The molecule has 9 heteroatoms. The van der Waals surface area contributed by atoms with Gasteiger partial charge in [0.1, 0.15) is 5.58 Å². The van der Waals surface area contributed by atoms with E-state index in [4.69, 9.17) is 24.4 Å². The van der Waals surface area contributed by atoms with Crippen LogP contribution in [0.2, 0.25) is 0 Å². The number of hydrogen-bond acceptors (Lipinski definition) is 5. The summed E-state index contributed by atoms with van der Waals surface area (Å²) in [6.07, 6.45) is 0. The van der Waals surface area contributed by atoms with Gasteiger partial charge in [-0.3, -0.25) is 0 Å². The Balaban J connectivity index is 0.000000105. The summed E-state index contributed by atoms with van der Waals surface area (Å²) in [5.41, 5.74) is 31.0. The monoisotopic (exact) mass is 1760 g/mol. The molecule has 0 unspecified atom stereocenters. The van der Waals surface area contributed by atoms with Crippen LogP contribution in [0.1, 0.15) is 25.0 Å². The lowest BCUT2D eigenvalue weighted by Gasteiger charge is -2.23. The summed E-state index contributed by atoms with van der Waals surface area (Å²) >= 11 is 0. The minimum atomic E-state index is -0.157. The van der Waals surface area contributed by atoms with Gasteiger partial charge in [-0.25, -0.2) is 19.9 Å². The second-order valence-electron chi connectivity index (χ2n) is 36.6. The van der Waals surface area contributed by atoms with E-state index in [1.165, 1.54) is 148 Å². The van der Waals surface area contributed by atoms with Gasteiger partial charge in [-0.05, 0) is 169 Å². The van der Waals surface area contributed by atoms with Crippen LogP contribution in [0, 0.1) is 0 Å². The van der Waals surface area contributed by atoms with Crippen molar-refractivity contribution in [3.05, 3.63) is 484 Å². The molecule has 1 aliphatic carbocycles. The highest BCUT2D eigenvalue weighted by molar-refractivity contribution is 6.36. The third kappa shape index (κ3) is 12.8. The van der Waals surface area contributed by atoms with Crippen molar-refractivity contribution in [2.75, 3.05) is 0 Å². The second-order valence-corrected chi connectivity index (χ2v) is 36.6. The van der Waals surface area contributed by atoms with E-state index in [1.54, 1.807) is 0 Å². The number of para-hydroxylation sites is 4. The maximum absolute atomic E-state index is 6.62. The zero-order valence-corrected chi connectivity index (χ0v) is 75.5. The molecule has 29 rings (SSSR count). The average Bonchev–Trinajstić information content (AvgIpc) is 1.53. The highest BCUT2D eigenvalue weighted by atomic mass is 16.3. The van der Waals surface area contributed by atoms with E-state index >= 15 is 0 Å². The zero-order chi connectivity index (χ0) is 91.2. The van der Waals surface area contributed by atoms with E-state index in [2.05, 4.69) is 432 Å². The summed E-state index contributed by atoms with van der Waals surface area (Å²) in [6, 6.07) is 169. The topological polar surface area (TPSA) is 84.4 Å². The van der Waals surface area contributed by atoms with Crippen molar-refractivity contribution in [2.24, 2.45) is 0 Å². The van der Waals surface area contributed by atoms with E-state index in [-0.39, 0.29) is 5.41 Å². The highest BCUT2D eigenvalue weighted by Crippen LogP contribution is 2.55. The summed E-state index contributed by atoms with van der Waals surface area (Å²) in [5, 5.41) is 22.4. The van der Waals surface area contributed by atoms with E-state index in [9.17, 15) is 0 Å². The molecule has 0 aliphatic heterocycles. The highest BCUT2D eigenvalue weighted by Gasteiger charge is 2.39. The fourth-order valence-corrected chi connectivity index (χ4v) is 22.2. The predicted molar refractivity (Wildman–Crippen MR) is 575 cm³/mol. The zero-order valence-electron chi connectivity index (χ0n) is 75.5. The number of benzene rings is 21. The first-order valence-corrected chi connectivity index (χ1v) is 47.2. The van der Waals surface area contributed by atoms with E-state index < -0.39 is 0 Å². The Morgan fingerprint density at radius 3 is 1.22 bits per heavy atom. The third-order valence-electron chi connectivity index (χ3n) is 28.4. The van der Waals surface area contributed by atoms with Gasteiger partial charge in [-0.1, -0.05) is 378 Å². The van der Waals surface area contributed by atoms with Crippen molar-refractivity contribution in [3.8, 4) is 102 Å². The first-order chi connectivity index (χ1) is 68.2. The smallest absolute Gasteiger partial charge is 0.160 e. The Bertz CT molecular complexity index is 9640. The van der Waals surface area contributed by atoms with Gasteiger partial charge in [0.05, 0.1) is 66.9 Å². The molecule has 0 atom stereocenters. The molecule has 21 aromatic carbocycles. The van der Waals surface area contributed by atoms with Crippen molar-refractivity contribution < 1.29 is 4.42 Å². The molecular weight excluding hydrogens is 1680 g/mol. The lowest BCUT2D eigenvalue weighted by molar-refractivity contribution is 0.664. The van der Waals surface area contributed by atoms with Gasteiger partial charge < -0.3 is 22.7 Å². The van der Waals surface area contributed by atoms with Crippen LogP contribution in [-0.2, 0) is 5.41 Å². The number of aromatic nitrogens is 8. The Morgan fingerprint density at radius 2 is 0.609 bits per heavy atom. The van der Waals surface area contributed by atoms with Gasteiger partial charge in [0.2, 0.25) is 0 Å². The number of nitrogens with zero attached hydrogens (tertiary/aromatic N) is 8. The number of fused-ring (bicyclic) bond motifs is 29. The van der Waals surface area contributed by atoms with Crippen molar-refractivity contribution in [3.63, 3.8) is 0 Å². The minimum Gasteiger partial charge on any atom is -0.454 e.